The maximum absolute atomic E-state index is 11.9. The Kier molecular flexibility index (Phi) is 5.87. The van der Waals surface area contributed by atoms with E-state index in [1.54, 1.807) is 30.3 Å². The number of rotatable bonds is 6. The standard InChI is InChI=1S/C16H15O7P/c1-12(17)22-15-9-7-13(8-10-15)11-21-24(19,20)16(18)23-14-5-3-2-4-6-14/h2-10H,11H2,1H3,(H,19,20). The van der Waals surface area contributed by atoms with E-state index in [4.69, 9.17) is 14.0 Å². The van der Waals surface area contributed by atoms with E-state index in [1.165, 1.54) is 31.2 Å². The first-order chi connectivity index (χ1) is 11.4. The monoisotopic (exact) mass is 350 g/mol. The Hall–Kier alpha value is -2.47. The zero-order valence-electron chi connectivity index (χ0n) is 12.7. The van der Waals surface area contributed by atoms with E-state index in [-0.39, 0.29) is 12.4 Å². The molecule has 7 nitrogen and oxygen atoms in total. The second kappa shape index (κ2) is 7.88. The van der Waals surface area contributed by atoms with Crippen LogP contribution in [0.4, 0.5) is 4.79 Å². The lowest BCUT2D eigenvalue weighted by Crippen LogP contribution is -2.09. The molecule has 0 amide bonds. The zero-order valence-corrected chi connectivity index (χ0v) is 13.6. The van der Waals surface area contributed by atoms with Gasteiger partial charge >= 0.3 is 19.3 Å². The molecule has 0 fully saturated rings. The molecule has 8 heteroatoms. The minimum absolute atomic E-state index is 0.145. The molecule has 0 spiro atoms. The smallest absolute Gasteiger partial charge is 0.427 e. The molecule has 2 rings (SSSR count). The van der Waals surface area contributed by atoms with Gasteiger partial charge < -0.3 is 14.4 Å². The minimum Gasteiger partial charge on any atom is -0.427 e. The SMILES string of the molecule is CC(=O)Oc1ccc(COP(=O)(O)C(=O)Oc2ccccc2)cc1. The summed E-state index contributed by atoms with van der Waals surface area (Å²) in [4.78, 5) is 32.2. The summed E-state index contributed by atoms with van der Waals surface area (Å²) in [6, 6.07) is 14.0. The third kappa shape index (κ3) is 5.31. The van der Waals surface area contributed by atoms with Gasteiger partial charge in [0.2, 0.25) is 0 Å². The van der Waals surface area contributed by atoms with Crippen LogP contribution in [0, 0.1) is 0 Å². The second-order valence-electron chi connectivity index (χ2n) is 4.71. The Balaban J connectivity index is 1.93. The van der Waals surface area contributed by atoms with E-state index >= 15 is 0 Å². The van der Waals surface area contributed by atoms with Crippen LogP contribution in [0.1, 0.15) is 12.5 Å². The van der Waals surface area contributed by atoms with E-state index < -0.39 is 19.3 Å². The van der Waals surface area contributed by atoms with Gasteiger partial charge in [-0.25, -0.2) is 9.36 Å². The first kappa shape index (κ1) is 17.9. The highest BCUT2D eigenvalue weighted by Crippen LogP contribution is 2.45. The second-order valence-corrected chi connectivity index (χ2v) is 6.38. The predicted molar refractivity (Wildman–Crippen MR) is 84.8 cm³/mol. The van der Waals surface area contributed by atoms with Crippen LogP contribution >= 0.6 is 7.60 Å². The van der Waals surface area contributed by atoms with E-state index in [0.29, 0.717) is 11.3 Å². The Morgan fingerprint density at radius 2 is 1.54 bits per heavy atom. The molecule has 0 aromatic heterocycles. The number of benzene rings is 2. The minimum atomic E-state index is -4.60. The van der Waals surface area contributed by atoms with Crippen molar-refractivity contribution in [3.63, 3.8) is 0 Å². The van der Waals surface area contributed by atoms with Crippen molar-refractivity contribution in [3.8, 4) is 11.5 Å². The van der Waals surface area contributed by atoms with Crippen LogP contribution in [0.25, 0.3) is 0 Å². The van der Waals surface area contributed by atoms with Crippen LogP contribution in [0.5, 0.6) is 11.5 Å². The molecule has 0 bridgehead atoms. The molecule has 1 N–H and O–H groups in total. The lowest BCUT2D eigenvalue weighted by molar-refractivity contribution is -0.131. The number of carbonyl (C=O) groups excluding carboxylic acids is 2. The van der Waals surface area contributed by atoms with Gasteiger partial charge in [0.05, 0.1) is 6.61 Å². The van der Waals surface area contributed by atoms with E-state index in [9.17, 15) is 19.0 Å². The molecule has 0 radical (unpaired) electrons. The van der Waals surface area contributed by atoms with E-state index in [2.05, 4.69) is 0 Å². The number of ether oxygens (including phenoxy) is 2. The van der Waals surface area contributed by atoms with Gasteiger partial charge in [-0.2, -0.15) is 0 Å². The fourth-order valence-corrected chi connectivity index (χ4v) is 2.33. The zero-order chi connectivity index (χ0) is 17.6. The van der Waals surface area contributed by atoms with Crippen LogP contribution in [-0.2, 0) is 20.5 Å². The maximum atomic E-state index is 11.9. The summed E-state index contributed by atoms with van der Waals surface area (Å²) in [5, 5.41) is 0. The quantitative estimate of drug-likeness (QED) is 0.483. The fraction of sp³-hybridized carbons (Fsp3) is 0.125. The van der Waals surface area contributed by atoms with Crippen LogP contribution in [0.15, 0.2) is 54.6 Å². The number of carbonyl (C=O) groups is 2. The topological polar surface area (TPSA) is 99.1 Å². The van der Waals surface area contributed by atoms with Crippen LogP contribution in [0.3, 0.4) is 0 Å². The van der Waals surface area contributed by atoms with Gasteiger partial charge in [-0.1, -0.05) is 30.3 Å². The molecule has 126 valence electrons. The van der Waals surface area contributed by atoms with Crippen molar-refractivity contribution < 1.29 is 33.0 Å². The first-order valence-corrected chi connectivity index (χ1v) is 8.47. The lowest BCUT2D eigenvalue weighted by atomic mass is 10.2. The molecule has 0 aliphatic heterocycles. The molecule has 0 heterocycles. The van der Waals surface area contributed by atoms with Crippen molar-refractivity contribution >= 4 is 19.3 Å². The number of para-hydroxylation sites is 1. The van der Waals surface area contributed by atoms with Crippen molar-refractivity contribution in [2.75, 3.05) is 0 Å². The highest BCUT2D eigenvalue weighted by molar-refractivity contribution is 7.70. The highest BCUT2D eigenvalue weighted by atomic mass is 31.2. The van der Waals surface area contributed by atoms with Gasteiger partial charge in [0, 0.05) is 6.92 Å². The molecule has 2 aromatic rings. The van der Waals surface area contributed by atoms with Gasteiger partial charge in [0.15, 0.2) is 0 Å². The summed E-state index contributed by atoms with van der Waals surface area (Å²) in [7, 11) is -4.60. The van der Waals surface area contributed by atoms with Crippen molar-refractivity contribution in [1.29, 1.82) is 0 Å². The maximum Gasteiger partial charge on any atom is 0.436 e. The Labute approximate surface area is 138 Å². The van der Waals surface area contributed by atoms with Crippen molar-refractivity contribution in [1.82, 2.24) is 0 Å². The Morgan fingerprint density at radius 3 is 2.12 bits per heavy atom. The van der Waals surface area contributed by atoms with Crippen molar-refractivity contribution in [2.24, 2.45) is 0 Å². The Bertz CT molecular complexity index is 756. The van der Waals surface area contributed by atoms with Crippen molar-refractivity contribution in [2.45, 2.75) is 13.5 Å². The summed E-state index contributed by atoms with van der Waals surface area (Å²) in [6.07, 6.45) is 0. The van der Waals surface area contributed by atoms with Gasteiger partial charge in [0.1, 0.15) is 11.5 Å². The molecule has 0 aliphatic rings. The first-order valence-electron chi connectivity index (χ1n) is 6.89. The highest BCUT2D eigenvalue weighted by Gasteiger charge is 2.33. The molecule has 2 aromatic carbocycles. The van der Waals surface area contributed by atoms with E-state index in [0.717, 1.165) is 0 Å². The largest absolute Gasteiger partial charge is 0.436 e. The van der Waals surface area contributed by atoms with Crippen molar-refractivity contribution in [3.05, 3.63) is 60.2 Å². The molecule has 0 aliphatic carbocycles. The van der Waals surface area contributed by atoms with Crippen LogP contribution in [-0.4, -0.2) is 16.6 Å². The average molecular weight is 350 g/mol. The Morgan fingerprint density at radius 1 is 0.958 bits per heavy atom. The van der Waals surface area contributed by atoms with E-state index in [1.807, 2.05) is 0 Å². The average Bonchev–Trinajstić information content (AvgIpc) is 2.54. The van der Waals surface area contributed by atoms with Gasteiger partial charge in [-0.15, -0.1) is 0 Å². The molecule has 1 unspecified atom stereocenters. The summed E-state index contributed by atoms with van der Waals surface area (Å²) in [5.41, 5.74) is -0.835. The summed E-state index contributed by atoms with van der Waals surface area (Å²) in [5.74, 6) is 0.0237. The lowest BCUT2D eigenvalue weighted by Gasteiger charge is -2.11. The number of hydrogen-bond donors (Lipinski definition) is 1. The van der Waals surface area contributed by atoms with Crippen LogP contribution in [0.2, 0.25) is 0 Å². The number of hydrogen-bond acceptors (Lipinski definition) is 6. The molecule has 24 heavy (non-hydrogen) atoms. The normalized spacial score (nSPS) is 12.9. The summed E-state index contributed by atoms with van der Waals surface area (Å²) < 4.78 is 26.3. The molecular formula is C16H15O7P. The third-order valence-electron chi connectivity index (χ3n) is 2.77. The van der Waals surface area contributed by atoms with Gasteiger partial charge in [-0.3, -0.25) is 9.32 Å². The summed E-state index contributed by atoms with van der Waals surface area (Å²) in [6.45, 7) is 0.995. The molecule has 0 saturated heterocycles. The summed E-state index contributed by atoms with van der Waals surface area (Å²) >= 11 is 0. The van der Waals surface area contributed by atoms with Gasteiger partial charge in [0.25, 0.3) is 0 Å². The number of esters is 1. The van der Waals surface area contributed by atoms with Gasteiger partial charge in [-0.05, 0) is 29.8 Å². The molecular weight excluding hydrogens is 335 g/mol. The molecule has 0 saturated carbocycles. The fourth-order valence-electron chi connectivity index (χ4n) is 1.68. The third-order valence-corrected chi connectivity index (χ3v) is 3.80. The predicted octanol–water partition coefficient (Wildman–Crippen LogP) is 3.51. The molecule has 1 atom stereocenters. The van der Waals surface area contributed by atoms with Crippen LogP contribution < -0.4 is 9.47 Å².